The predicted molar refractivity (Wildman–Crippen MR) is 58.7 cm³/mol. The Kier molecular flexibility index (Phi) is 3.51. The molecule has 0 aromatic heterocycles. The number of thioether (sulfide) groups is 1. The molecule has 1 heteroatoms. The van der Waals surface area contributed by atoms with E-state index >= 15 is 0 Å². The second-order valence-electron chi connectivity index (χ2n) is 4.80. The highest BCUT2D eigenvalue weighted by Gasteiger charge is 2.30. The average Bonchev–Trinajstić information content (AvgIpc) is 2.05. The molecule has 0 saturated carbocycles. The Balaban J connectivity index is 2.39. The molecule has 1 heterocycles. The summed E-state index contributed by atoms with van der Waals surface area (Å²) in [6.07, 6.45) is 4.23. The van der Waals surface area contributed by atoms with E-state index in [0.717, 1.165) is 11.2 Å². The van der Waals surface area contributed by atoms with Gasteiger partial charge in [0.1, 0.15) is 0 Å². The normalized spacial score (nSPS) is 37.2. The molecule has 0 aliphatic carbocycles. The number of hydrogen-bond acceptors (Lipinski definition) is 1. The second-order valence-corrected chi connectivity index (χ2v) is 6.02. The van der Waals surface area contributed by atoms with E-state index in [2.05, 4.69) is 39.5 Å². The van der Waals surface area contributed by atoms with Gasteiger partial charge in [-0.1, -0.05) is 27.7 Å². The highest BCUT2D eigenvalue weighted by atomic mass is 32.2. The van der Waals surface area contributed by atoms with Crippen molar-refractivity contribution in [1.82, 2.24) is 0 Å². The highest BCUT2D eigenvalue weighted by molar-refractivity contribution is 8.00. The molecule has 0 radical (unpaired) electrons. The molecule has 0 spiro atoms. The van der Waals surface area contributed by atoms with Crippen molar-refractivity contribution >= 4 is 11.8 Å². The zero-order valence-corrected chi connectivity index (χ0v) is 9.71. The van der Waals surface area contributed by atoms with Crippen molar-refractivity contribution in [3.63, 3.8) is 0 Å². The van der Waals surface area contributed by atoms with Crippen molar-refractivity contribution in [2.45, 2.75) is 52.2 Å². The quantitative estimate of drug-likeness (QED) is 0.629. The molecule has 12 heavy (non-hydrogen) atoms. The Hall–Kier alpha value is 0.350. The number of rotatable bonds is 2. The zero-order valence-electron chi connectivity index (χ0n) is 8.89. The van der Waals surface area contributed by atoms with Crippen LogP contribution in [0, 0.1) is 11.3 Å². The van der Waals surface area contributed by atoms with Gasteiger partial charge in [-0.15, -0.1) is 0 Å². The SMILES string of the molecule is CCC1(C)CCC(C(C)C)SC1. The summed E-state index contributed by atoms with van der Waals surface area (Å²) < 4.78 is 0. The summed E-state index contributed by atoms with van der Waals surface area (Å²) in [6.45, 7) is 9.48. The lowest BCUT2D eigenvalue weighted by Gasteiger charge is -2.37. The molecule has 1 saturated heterocycles. The lowest BCUT2D eigenvalue weighted by atomic mass is 9.83. The van der Waals surface area contributed by atoms with Crippen LogP contribution in [0.2, 0.25) is 0 Å². The Labute approximate surface area is 81.5 Å². The lowest BCUT2D eigenvalue weighted by Crippen LogP contribution is -2.29. The maximum Gasteiger partial charge on any atom is 0.00704 e. The first-order valence-electron chi connectivity index (χ1n) is 5.19. The largest absolute Gasteiger partial charge is 0.158 e. The van der Waals surface area contributed by atoms with Gasteiger partial charge in [-0.05, 0) is 36.3 Å². The van der Waals surface area contributed by atoms with E-state index < -0.39 is 0 Å². The van der Waals surface area contributed by atoms with Crippen molar-refractivity contribution < 1.29 is 0 Å². The fourth-order valence-corrected chi connectivity index (χ4v) is 3.39. The van der Waals surface area contributed by atoms with E-state index in [1.165, 1.54) is 25.0 Å². The lowest BCUT2D eigenvalue weighted by molar-refractivity contribution is 0.298. The van der Waals surface area contributed by atoms with Crippen LogP contribution in [0.25, 0.3) is 0 Å². The van der Waals surface area contributed by atoms with Crippen molar-refractivity contribution in [2.75, 3.05) is 5.75 Å². The zero-order chi connectivity index (χ0) is 9.19. The smallest absolute Gasteiger partial charge is 0.00704 e. The van der Waals surface area contributed by atoms with Crippen LogP contribution in [0.15, 0.2) is 0 Å². The van der Waals surface area contributed by atoms with Gasteiger partial charge in [0.05, 0.1) is 0 Å². The van der Waals surface area contributed by atoms with Gasteiger partial charge >= 0.3 is 0 Å². The van der Waals surface area contributed by atoms with Gasteiger partial charge < -0.3 is 0 Å². The fourth-order valence-electron chi connectivity index (χ4n) is 1.76. The van der Waals surface area contributed by atoms with Gasteiger partial charge in [0.15, 0.2) is 0 Å². The molecule has 0 aromatic rings. The highest BCUT2D eigenvalue weighted by Crippen LogP contribution is 2.42. The summed E-state index contributed by atoms with van der Waals surface area (Å²) in [7, 11) is 0. The van der Waals surface area contributed by atoms with Crippen LogP contribution in [0.5, 0.6) is 0 Å². The van der Waals surface area contributed by atoms with Crippen LogP contribution in [0.4, 0.5) is 0 Å². The van der Waals surface area contributed by atoms with Crippen LogP contribution in [-0.4, -0.2) is 11.0 Å². The van der Waals surface area contributed by atoms with E-state index in [1.54, 1.807) is 0 Å². The van der Waals surface area contributed by atoms with Crippen LogP contribution < -0.4 is 0 Å². The van der Waals surface area contributed by atoms with Crippen molar-refractivity contribution in [2.24, 2.45) is 11.3 Å². The first-order chi connectivity index (χ1) is 5.57. The number of hydrogen-bond donors (Lipinski definition) is 0. The van der Waals surface area contributed by atoms with Crippen molar-refractivity contribution in [3.05, 3.63) is 0 Å². The summed E-state index contributed by atoms with van der Waals surface area (Å²) >= 11 is 2.20. The fraction of sp³-hybridized carbons (Fsp3) is 1.00. The third kappa shape index (κ3) is 2.42. The second kappa shape index (κ2) is 4.04. The van der Waals surface area contributed by atoms with Crippen molar-refractivity contribution in [3.8, 4) is 0 Å². The van der Waals surface area contributed by atoms with E-state index in [9.17, 15) is 0 Å². The van der Waals surface area contributed by atoms with Gasteiger partial charge in [-0.25, -0.2) is 0 Å². The molecule has 0 aromatic carbocycles. The third-order valence-corrected chi connectivity index (χ3v) is 5.35. The molecule has 72 valence electrons. The Morgan fingerprint density at radius 2 is 2.17 bits per heavy atom. The van der Waals surface area contributed by atoms with Gasteiger partial charge in [-0.3, -0.25) is 0 Å². The molecule has 1 aliphatic heterocycles. The molecular formula is C11H22S. The Morgan fingerprint density at radius 3 is 2.50 bits per heavy atom. The van der Waals surface area contributed by atoms with Gasteiger partial charge in [0.25, 0.3) is 0 Å². The first kappa shape index (κ1) is 10.4. The molecule has 2 unspecified atom stereocenters. The first-order valence-corrected chi connectivity index (χ1v) is 6.24. The Morgan fingerprint density at radius 1 is 1.50 bits per heavy atom. The standard InChI is InChI=1S/C11H22S/c1-5-11(4)7-6-10(9(2)3)12-8-11/h9-10H,5-8H2,1-4H3. The van der Waals surface area contributed by atoms with Crippen LogP contribution >= 0.6 is 11.8 Å². The summed E-state index contributed by atoms with van der Waals surface area (Å²) in [5.74, 6) is 2.25. The molecule has 0 N–H and O–H groups in total. The summed E-state index contributed by atoms with van der Waals surface area (Å²) in [5.41, 5.74) is 0.649. The predicted octanol–water partition coefficient (Wildman–Crippen LogP) is 3.95. The van der Waals surface area contributed by atoms with Gasteiger partial charge in [-0.2, -0.15) is 11.8 Å². The maximum absolute atomic E-state index is 2.44. The molecule has 1 fully saturated rings. The summed E-state index contributed by atoms with van der Waals surface area (Å²) in [4.78, 5) is 0. The van der Waals surface area contributed by atoms with E-state index in [4.69, 9.17) is 0 Å². The monoisotopic (exact) mass is 186 g/mol. The molecule has 0 bridgehead atoms. The van der Waals surface area contributed by atoms with Gasteiger partial charge in [0.2, 0.25) is 0 Å². The van der Waals surface area contributed by atoms with Crippen LogP contribution in [-0.2, 0) is 0 Å². The molecule has 2 atom stereocenters. The van der Waals surface area contributed by atoms with Crippen LogP contribution in [0.1, 0.15) is 47.0 Å². The summed E-state index contributed by atoms with van der Waals surface area (Å²) in [6, 6.07) is 0. The molecular weight excluding hydrogens is 164 g/mol. The molecule has 1 aliphatic rings. The average molecular weight is 186 g/mol. The molecule has 0 nitrogen and oxygen atoms in total. The minimum Gasteiger partial charge on any atom is -0.158 e. The maximum atomic E-state index is 2.44. The summed E-state index contributed by atoms with van der Waals surface area (Å²) in [5, 5.41) is 0.935. The van der Waals surface area contributed by atoms with Crippen LogP contribution in [0.3, 0.4) is 0 Å². The van der Waals surface area contributed by atoms with Crippen molar-refractivity contribution in [1.29, 1.82) is 0 Å². The Bertz CT molecular complexity index is 132. The molecule has 1 rings (SSSR count). The van der Waals surface area contributed by atoms with E-state index in [0.29, 0.717) is 5.41 Å². The third-order valence-electron chi connectivity index (χ3n) is 3.28. The van der Waals surface area contributed by atoms with E-state index in [1.807, 2.05) is 0 Å². The minimum atomic E-state index is 0.649. The van der Waals surface area contributed by atoms with Gasteiger partial charge in [0, 0.05) is 5.25 Å². The minimum absolute atomic E-state index is 0.649. The topological polar surface area (TPSA) is 0 Å². The van der Waals surface area contributed by atoms with E-state index in [-0.39, 0.29) is 0 Å². The molecule has 0 amide bonds.